The number of ether oxygens (including phenoxy) is 1. The number of aromatic nitrogens is 5. The molecule has 2 saturated carbocycles. The number of aryl methyl sites for hydroxylation is 2. The molecule has 2 N–H and O–H groups in total. The number of pyridine rings is 1. The highest BCUT2D eigenvalue weighted by Gasteiger charge is 2.48. The third-order valence-electron chi connectivity index (χ3n) is 13.2. The van der Waals surface area contributed by atoms with Crippen LogP contribution in [0.5, 0.6) is 0 Å². The molecule has 2 aromatic carbocycles. The van der Waals surface area contributed by atoms with Gasteiger partial charge >= 0.3 is 5.69 Å². The number of anilines is 2. The monoisotopic (exact) mass is 848 g/mol. The van der Waals surface area contributed by atoms with Gasteiger partial charge in [-0.3, -0.25) is 37.6 Å². The second kappa shape index (κ2) is 16.8. The fourth-order valence-electron chi connectivity index (χ4n) is 9.75. The van der Waals surface area contributed by atoms with Gasteiger partial charge in [0.05, 0.1) is 28.5 Å². The van der Waals surface area contributed by atoms with Crippen LogP contribution >= 0.6 is 0 Å². The van der Waals surface area contributed by atoms with Gasteiger partial charge in [0.25, 0.3) is 5.56 Å². The van der Waals surface area contributed by atoms with Crippen LogP contribution in [0.2, 0.25) is 0 Å². The Labute approximate surface area is 354 Å². The maximum Gasteiger partial charge on any atom is 0.329 e. The van der Waals surface area contributed by atoms with Crippen LogP contribution in [-0.2, 0) is 32.2 Å². The Hall–Kier alpha value is -5.50. The van der Waals surface area contributed by atoms with Crippen LogP contribution in [0.3, 0.4) is 0 Å². The van der Waals surface area contributed by atoms with Crippen molar-refractivity contribution < 1.29 is 22.9 Å². The number of carbonyl (C=O) groups is 2. The molecule has 61 heavy (non-hydrogen) atoms. The van der Waals surface area contributed by atoms with Gasteiger partial charge in [-0.1, -0.05) is 24.7 Å². The molecule has 2 atom stereocenters. The molecule has 2 saturated heterocycles. The molecule has 2 aliphatic carbocycles. The molecule has 2 aliphatic heterocycles. The molecule has 0 radical (unpaired) electrons. The SMILES string of the molecule is Cc1cc(S(=O)C2CC3(CCN(CCOCC#Cc4ccc5c(c4F)n(C)c(=O)n5C4CCC(=O)NC4=O)CC3)C2)ccc1Nc1ncc2ccc(=O)n(C3CCCC3)c2n1. The van der Waals surface area contributed by atoms with E-state index in [4.69, 9.17) is 9.72 Å². The molecular formula is C45H49FN8O6S. The molecule has 318 valence electrons. The van der Waals surface area contributed by atoms with E-state index in [0.717, 1.165) is 92.5 Å². The van der Waals surface area contributed by atoms with E-state index in [-0.39, 0.29) is 58.3 Å². The second-order valence-electron chi connectivity index (χ2n) is 17.1. The lowest BCUT2D eigenvalue weighted by molar-refractivity contribution is -0.135. The first-order valence-corrected chi connectivity index (χ1v) is 22.4. The summed E-state index contributed by atoms with van der Waals surface area (Å²) in [6, 6.07) is 11.6. The van der Waals surface area contributed by atoms with E-state index in [1.54, 1.807) is 24.4 Å². The second-order valence-corrected chi connectivity index (χ2v) is 18.8. The van der Waals surface area contributed by atoms with Crippen LogP contribution < -0.4 is 21.9 Å². The van der Waals surface area contributed by atoms with Crippen molar-refractivity contribution in [3.05, 3.63) is 86.4 Å². The molecule has 0 bridgehead atoms. The molecule has 2 amide bonds. The van der Waals surface area contributed by atoms with Gasteiger partial charge in [0.1, 0.15) is 23.8 Å². The van der Waals surface area contributed by atoms with Crippen LogP contribution in [0.1, 0.15) is 87.4 Å². The van der Waals surface area contributed by atoms with Crippen LogP contribution in [0.15, 0.2) is 63.1 Å². The molecule has 4 fully saturated rings. The number of likely N-dealkylation sites (tertiary alicyclic amines) is 1. The zero-order chi connectivity index (χ0) is 42.4. The van der Waals surface area contributed by atoms with Gasteiger partial charge in [0.2, 0.25) is 17.8 Å². The molecular weight excluding hydrogens is 800 g/mol. The fourth-order valence-corrected chi connectivity index (χ4v) is 11.6. The number of imidazole rings is 1. The largest absolute Gasteiger partial charge is 0.367 e. The topological polar surface area (TPSA) is 162 Å². The number of carbonyl (C=O) groups excluding carboxylic acids is 2. The van der Waals surface area contributed by atoms with Crippen LogP contribution in [0, 0.1) is 30.0 Å². The third kappa shape index (κ3) is 7.95. The van der Waals surface area contributed by atoms with Crippen molar-refractivity contribution in [3.63, 3.8) is 0 Å². The van der Waals surface area contributed by atoms with Gasteiger partial charge in [0.15, 0.2) is 5.82 Å². The van der Waals surface area contributed by atoms with Gasteiger partial charge in [-0.15, -0.1) is 0 Å². The van der Waals surface area contributed by atoms with E-state index in [2.05, 4.69) is 32.4 Å². The molecule has 2 unspecified atom stereocenters. The highest BCUT2D eigenvalue weighted by molar-refractivity contribution is 7.85. The highest BCUT2D eigenvalue weighted by Crippen LogP contribution is 2.52. The standard InChI is InChI=1S/C45H49FN8O6S/c1-28-24-32(11-12-34(28)48-43-47-27-30-10-16-38(56)53(41(30)50-43)31-7-3-4-8-31)61(59)33-25-45(26-33)17-19-52(20-18-45)21-23-60-22-5-6-29-9-13-35-40(39(29)46)51(2)44(58)54(35)36-14-15-37(55)49-42(36)57/h9-13,16,24,27,31,33,36H,3-4,7-8,14-15,17-23,25-26H2,1-2H3,(H,47,48,50)(H,49,55,57). The summed E-state index contributed by atoms with van der Waals surface area (Å²) in [5.41, 5.74) is 2.53. The maximum absolute atomic E-state index is 15.6. The van der Waals surface area contributed by atoms with E-state index in [1.807, 2.05) is 29.7 Å². The molecule has 5 heterocycles. The number of imide groups is 1. The number of hydrogen-bond donors (Lipinski definition) is 2. The minimum Gasteiger partial charge on any atom is -0.367 e. The number of amides is 2. The van der Waals surface area contributed by atoms with E-state index >= 15 is 4.39 Å². The Morgan fingerprint density at radius 3 is 2.56 bits per heavy atom. The number of hydrogen-bond acceptors (Lipinski definition) is 10. The Morgan fingerprint density at radius 1 is 1.02 bits per heavy atom. The predicted octanol–water partition coefficient (Wildman–Crippen LogP) is 5.15. The van der Waals surface area contributed by atoms with Gasteiger partial charge in [-0.2, -0.15) is 4.98 Å². The average Bonchev–Trinajstić information content (AvgIpc) is 3.86. The van der Waals surface area contributed by atoms with Crippen LogP contribution in [0.25, 0.3) is 22.1 Å². The average molecular weight is 849 g/mol. The summed E-state index contributed by atoms with van der Waals surface area (Å²) in [5, 5.41) is 6.55. The first-order chi connectivity index (χ1) is 29.5. The summed E-state index contributed by atoms with van der Waals surface area (Å²) >= 11 is 0. The molecule has 4 aliphatic rings. The van der Waals surface area contributed by atoms with E-state index in [1.165, 1.54) is 22.2 Å². The van der Waals surface area contributed by atoms with Crippen molar-refractivity contribution >= 4 is 56.3 Å². The van der Waals surface area contributed by atoms with Crippen molar-refractivity contribution in [2.24, 2.45) is 12.5 Å². The van der Waals surface area contributed by atoms with Crippen LogP contribution in [-0.4, -0.2) is 82.7 Å². The first kappa shape index (κ1) is 40.9. The molecule has 5 aromatic rings. The Kier molecular flexibility index (Phi) is 11.2. The fraction of sp³-hybridized carbons (Fsp3) is 0.467. The van der Waals surface area contributed by atoms with Crippen molar-refractivity contribution in [1.82, 2.24) is 33.9 Å². The third-order valence-corrected chi connectivity index (χ3v) is 14.9. The molecule has 16 heteroatoms. The number of nitrogens with zero attached hydrogens (tertiary/aromatic N) is 6. The summed E-state index contributed by atoms with van der Waals surface area (Å²) in [6.07, 6.45) is 10.2. The summed E-state index contributed by atoms with van der Waals surface area (Å²) in [4.78, 5) is 62.5. The first-order valence-electron chi connectivity index (χ1n) is 21.2. The van der Waals surface area contributed by atoms with Crippen molar-refractivity contribution in [2.45, 2.75) is 93.4 Å². The molecule has 14 nitrogen and oxygen atoms in total. The van der Waals surface area contributed by atoms with E-state index < -0.39 is 40.2 Å². The number of fused-ring (bicyclic) bond motifs is 2. The summed E-state index contributed by atoms with van der Waals surface area (Å²) in [7, 11) is 0.336. The van der Waals surface area contributed by atoms with E-state index in [9.17, 15) is 23.4 Å². The number of piperidine rings is 2. The van der Waals surface area contributed by atoms with Gasteiger partial charge in [-0.25, -0.2) is 14.2 Å². The normalized spacial score (nSPS) is 20.1. The van der Waals surface area contributed by atoms with Crippen molar-refractivity contribution in [2.75, 3.05) is 38.2 Å². The number of rotatable bonds is 10. The molecule has 9 rings (SSSR count). The van der Waals surface area contributed by atoms with Crippen molar-refractivity contribution in [3.8, 4) is 11.8 Å². The van der Waals surface area contributed by atoms with E-state index in [0.29, 0.717) is 18.2 Å². The van der Waals surface area contributed by atoms with Gasteiger partial charge in [-0.05, 0) is 112 Å². The number of nitrogens with one attached hydrogen (secondary N) is 2. The zero-order valence-electron chi connectivity index (χ0n) is 34.4. The Balaban J connectivity index is 0.733. The lowest BCUT2D eigenvalue weighted by atomic mass is 9.63. The maximum atomic E-state index is 15.6. The van der Waals surface area contributed by atoms with Crippen molar-refractivity contribution in [1.29, 1.82) is 0 Å². The van der Waals surface area contributed by atoms with Gasteiger partial charge < -0.3 is 15.0 Å². The van der Waals surface area contributed by atoms with Gasteiger partial charge in [0, 0.05) is 59.5 Å². The highest BCUT2D eigenvalue weighted by atomic mass is 32.2. The summed E-state index contributed by atoms with van der Waals surface area (Å²) < 4.78 is 39.3. The Bertz CT molecular complexity index is 2760. The number of halogens is 1. The van der Waals surface area contributed by atoms with Crippen LogP contribution in [0.4, 0.5) is 16.0 Å². The Morgan fingerprint density at radius 2 is 1.80 bits per heavy atom. The smallest absolute Gasteiger partial charge is 0.329 e. The predicted molar refractivity (Wildman–Crippen MR) is 230 cm³/mol. The summed E-state index contributed by atoms with van der Waals surface area (Å²) in [5.74, 6) is 4.51. The summed E-state index contributed by atoms with van der Waals surface area (Å²) in [6.45, 7) is 5.25. The molecule has 1 spiro atoms. The zero-order valence-corrected chi connectivity index (χ0v) is 35.2. The minimum absolute atomic E-state index is 0.0340. The lowest BCUT2D eigenvalue weighted by Crippen LogP contribution is -2.50. The number of benzene rings is 2. The lowest BCUT2D eigenvalue weighted by Gasteiger charge is -2.51. The minimum atomic E-state index is -1.11. The quantitative estimate of drug-likeness (QED) is 0.109. The molecule has 3 aromatic heterocycles.